The smallest absolute Gasteiger partial charge is 0.352 e. The zero-order valence-electron chi connectivity index (χ0n) is 30.4. The van der Waals surface area contributed by atoms with Crippen LogP contribution in [0.2, 0.25) is 0 Å². The Balaban J connectivity index is 1.39. The molecule has 3 fully saturated rings. The first-order chi connectivity index (χ1) is 26.6. The number of hydroxylamine groups is 6. The first-order valence-electron chi connectivity index (χ1n) is 17.3. The van der Waals surface area contributed by atoms with Crippen LogP contribution in [0.3, 0.4) is 0 Å². The number of carbonyl (C=O) groups is 12. The van der Waals surface area contributed by atoms with E-state index < -0.39 is 96.1 Å². The van der Waals surface area contributed by atoms with Crippen LogP contribution in [0.4, 0.5) is 0 Å². The molecule has 3 aliphatic heterocycles. The molecule has 0 radical (unpaired) electrons. The molecule has 0 aliphatic carbocycles. The first-order valence-corrected chi connectivity index (χ1v) is 17.3. The summed E-state index contributed by atoms with van der Waals surface area (Å²) in [5, 5.41) is 7.88. The molecule has 0 unspecified atom stereocenters. The minimum atomic E-state index is -1.03. The van der Waals surface area contributed by atoms with E-state index in [2.05, 4.69) is 30.5 Å². The zero-order chi connectivity index (χ0) is 41.3. The van der Waals surface area contributed by atoms with Gasteiger partial charge in [0, 0.05) is 63.2 Å². The van der Waals surface area contributed by atoms with Gasteiger partial charge in [0.05, 0.1) is 39.6 Å². The fourth-order valence-electron chi connectivity index (χ4n) is 4.73. The summed E-state index contributed by atoms with van der Waals surface area (Å²) in [5.74, 6) is -8.97. The molecule has 3 N–H and O–H groups in total. The van der Waals surface area contributed by atoms with Crippen molar-refractivity contribution in [2.24, 2.45) is 5.41 Å². The normalized spacial score (nSPS) is 15.7. The highest BCUT2D eigenvalue weighted by molar-refractivity contribution is 6.03. The highest BCUT2D eigenvalue weighted by Crippen LogP contribution is 2.19. The number of carbonyl (C=O) groups excluding carboxylic acids is 12. The maximum absolute atomic E-state index is 12.2. The number of hydrogen-bond acceptors (Lipinski definition) is 18. The molecular weight excluding hydrogens is 756 g/mol. The maximum Gasteiger partial charge on any atom is 0.352 e. The highest BCUT2D eigenvalue weighted by atomic mass is 16.7. The topological polar surface area (TPSA) is 306 Å². The summed E-state index contributed by atoms with van der Waals surface area (Å²) >= 11 is 0. The summed E-state index contributed by atoms with van der Waals surface area (Å²) < 4.78 is 16.9. The lowest BCUT2D eigenvalue weighted by molar-refractivity contribution is -0.196. The molecule has 24 heteroatoms. The van der Waals surface area contributed by atoms with Gasteiger partial charge in [-0.1, -0.05) is 6.92 Å². The van der Waals surface area contributed by atoms with Gasteiger partial charge in [-0.2, -0.15) is 0 Å². The van der Waals surface area contributed by atoms with E-state index in [4.69, 9.17) is 14.2 Å². The average Bonchev–Trinajstić information content (AvgIpc) is 3.77. The van der Waals surface area contributed by atoms with Crippen molar-refractivity contribution in [1.29, 1.82) is 0 Å². The van der Waals surface area contributed by atoms with Gasteiger partial charge in [-0.05, 0) is 0 Å². The van der Waals surface area contributed by atoms with Crippen LogP contribution in [0, 0.1) is 5.41 Å². The number of rotatable bonds is 24. The van der Waals surface area contributed by atoms with Gasteiger partial charge in [0.25, 0.3) is 35.4 Å². The SMILES string of the molecule is CC(COCCC(=O)NCC(=O)ON1C(=O)CCC1=O)(COCCC(=O)NCC(=O)ON1C(=O)CCC1=O)COCCC(=O)NCC(=O)ON1C(=O)CCC1=O. The van der Waals surface area contributed by atoms with Gasteiger partial charge < -0.3 is 44.7 Å². The maximum atomic E-state index is 12.2. The summed E-state index contributed by atoms with van der Waals surface area (Å²) in [6.45, 7) is -0.799. The minimum absolute atomic E-state index is 0.0700. The summed E-state index contributed by atoms with van der Waals surface area (Å²) in [5.41, 5.74) is -0.931. The Kier molecular flexibility index (Phi) is 17.4. The minimum Gasteiger partial charge on any atom is -0.380 e. The Morgan fingerprint density at radius 2 is 0.696 bits per heavy atom. The number of imide groups is 3. The second-order valence-electron chi connectivity index (χ2n) is 12.7. The largest absolute Gasteiger partial charge is 0.380 e. The number of amides is 9. The predicted molar refractivity (Wildman–Crippen MR) is 175 cm³/mol. The molecule has 24 nitrogen and oxygen atoms in total. The van der Waals surface area contributed by atoms with E-state index in [1.807, 2.05) is 0 Å². The molecule has 0 aromatic carbocycles. The molecule has 0 aromatic rings. The van der Waals surface area contributed by atoms with Crippen LogP contribution in [0.5, 0.6) is 0 Å². The van der Waals surface area contributed by atoms with Crippen LogP contribution in [-0.4, -0.2) is 146 Å². The van der Waals surface area contributed by atoms with Gasteiger partial charge in [-0.25, -0.2) is 14.4 Å². The van der Waals surface area contributed by atoms with Gasteiger partial charge in [0.1, 0.15) is 19.6 Å². The standard InChI is InChI=1S/C32H42N6O18/c1-32(17-51-11-8-20(39)33-14-29(48)54-36-23(42)2-3-24(36)43,18-52-12-9-21(40)34-15-30(49)55-37-25(44)4-5-26(37)45)19-53-13-10-22(41)35-16-31(50)56-38-27(46)6-7-28(38)47/h2-19H2,1H3,(H,33,39)(H,34,40)(H,35,41). The van der Waals surface area contributed by atoms with Crippen LogP contribution >= 0.6 is 0 Å². The van der Waals surface area contributed by atoms with Crippen molar-refractivity contribution in [1.82, 2.24) is 31.1 Å². The molecule has 0 atom stereocenters. The van der Waals surface area contributed by atoms with Crippen molar-refractivity contribution in [3.05, 3.63) is 0 Å². The fourth-order valence-corrected chi connectivity index (χ4v) is 4.73. The van der Waals surface area contributed by atoms with E-state index in [0.29, 0.717) is 15.2 Å². The Morgan fingerprint density at radius 1 is 0.464 bits per heavy atom. The van der Waals surface area contributed by atoms with Crippen molar-refractivity contribution in [2.45, 2.75) is 64.7 Å². The Labute approximate surface area is 317 Å². The van der Waals surface area contributed by atoms with Gasteiger partial charge >= 0.3 is 17.9 Å². The van der Waals surface area contributed by atoms with E-state index in [9.17, 15) is 57.5 Å². The fraction of sp³-hybridized carbons (Fsp3) is 0.625. The molecule has 0 spiro atoms. The zero-order valence-corrected chi connectivity index (χ0v) is 30.4. The monoisotopic (exact) mass is 798 g/mol. The number of ether oxygens (including phenoxy) is 3. The highest BCUT2D eigenvalue weighted by Gasteiger charge is 2.35. The van der Waals surface area contributed by atoms with Gasteiger partial charge in [0.15, 0.2) is 0 Å². The summed E-state index contributed by atoms with van der Waals surface area (Å²) in [6, 6.07) is 0. The van der Waals surface area contributed by atoms with Crippen LogP contribution in [0.25, 0.3) is 0 Å². The molecule has 0 bridgehead atoms. The lowest BCUT2D eigenvalue weighted by atomic mass is 9.94. The van der Waals surface area contributed by atoms with Crippen LogP contribution in [0.1, 0.15) is 64.7 Å². The van der Waals surface area contributed by atoms with Crippen LogP contribution in [0.15, 0.2) is 0 Å². The van der Waals surface area contributed by atoms with E-state index in [1.165, 1.54) is 0 Å². The Bertz CT molecular complexity index is 1360. The van der Waals surface area contributed by atoms with Crippen molar-refractivity contribution < 1.29 is 86.3 Å². The van der Waals surface area contributed by atoms with Gasteiger partial charge in [0.2, 0.25) is 17.7 Å². The van der Waals surface area contributed by atoms with Crippen molar-refractivity contribution in [3.8, 4) is 0 Å². The van der Waals surface area contributed by atoms with Crippen LogP contribution in [-0.2, 0) is 86.3 Å². The van der Waals surface area contributed by atoms with E-state index in [1.54, 1.807) is 6.92 Å². The van der Waals surface area contributed by atoms with E-state index >= 15 is 0 Å². The molecule has 9 amide bonds. The van der Waals surface area contributed by atoms with E-state index in [-0.39, 0.29) is 97.4 Å². The third-order valence-corrected chi connectivity index (χ3v) is 7.66. The first kappa shape index (κ1) is 44.5. The van der Waals surface area contributed by atoms with Crippen LogP contribution < -0.4 is 16.0 Å². The number of nitrogens with one attached hydrogen (secondary N) is 3. The number of hydrogen-bond donors (Lipinski definition) is 3. The predicted octanol–water partition coefficient (Wildman–Crippen LogP) is -3.62. The number of nitrogens with zero attached hydrogens (tertiary/aromatic N) is 3. The Morgan fingerprint density at radius 3 is 0.929 bits per heavy atom. The molecule has 3 heterocycles. The summed E-state index contributed by atoms with van der Waals surface area (Å²) in [4.78, 5) is 156. The van der Waals surface area contributed by atoms with Crippen molar-refractivity contribution in [2.75, 3.05) is 59.3 Å². The second kappa shape index (κ2) is 21.9. The molecule has 3 rings (SSSR count). The summed E-state index contributed by atoms with van der Waals surface area (Å²) in [6.07, 6.45) is -1.16. The third-order valence-electron chi connectivity index (χ3n) is 7.66. The third kappa shape index (κ3) is 15.1. The quantitative estimate of drug-likeness (QED) is 0.0627. The molecular formula is C32H42N6O18. The average molecular weight is 799 g/mol. The van der Waals surface area contributed by atoms with E-state index in [0.717, 1.165) is 0 Å². The van der Waals surface area contributed by atoms with Crippen molar-refractivity contribution >= 4 is 71.1 Å². The molecule has 56 heavy (non-hydrogen) atoms. The van der Waals surface area contributed by atoms with Gasteiger partial charge in [-0.3, -0.25) is 43.2 Å². The molecule has 0 saturated carbocycles. The second-order valence-corrected chi connectivity index (χ2v) is 12.7. The molecule has 3 saturated heterocycles. The lowest BCUT2D eigenvalue weighted by Crippen LogP contribution is -2.39. The Hall–Kier alpha value is -5.88. The lowest BCUT2D eigenvalue weighted by Gasteiger charge is -2.29. The summed E-state index contributed by atoms with van der Waals surface area (Å²) in [7, 11) is 0. The van der Waals surface area contributed by atoms with Crippen molar-refractivity contribution in [3.63, 3.8) is 0 Å². The molecule has 308 valence electrons. The molecule has 3 aliphatic rings. The molecule has 0 aromatic heterocycles. The van der Waals surface area contributed by atoms with Gasteiger partial charge in [-0.15, -0.1) is 15.2 Å².